The molecule has 7 heteroatoms. The first kappa shape index (κ1) is 17.5. The number of halogens is 1. The van der Waals surface area contributed by atoms with Crippen molar-refractivity contribution in [1.82, 2.24) is 15.0 Å². The molecule has 1 amide bonds. The molecule has 1 fully saturated rings. The predicted molar refractivity (Wildman–Crippen MR) is 92.1 cm³/mol. The third kappa shape index (κ3) is 4.22. The van der Waals surface area contributed by atoms with E-state index in [0.717, 1.165) is 25.9 Å². The molecule has 1 aliphatic rings. The molecule has 6 nitrogen and oxygen atoms in total. The predicted octanol–water partition coefficient (Wildman–Crippen LogP) is 3.25. The third-order valence-electron chi connectivity index (χ3n) is 4.63. The van der Waals surface area contributed by atoms with E-state index in [4.69, 9.17) is 4.74 Å². The molecule has 1 N–H and O–H groups in total. The van der Waals surface area contributed by atoms with E-state index in [1.54, 1.807) is 16.8 Å². The fraction of sp³-hybridized carbons (Fsp3) is 0.500. The first-order chi connectivity index (χ1) is 12.1. The van der Waals surface area contributed by atoms with E-state index in [9.17, 15) is 9.18 Å². The van der Waals surface area contributed by atoms with Gasteiger partial charge in [-0.3, -0.25) is 4.79 Å². The Bertz CT molecular complexity index is 729. The lowest BCUT2D eigenvalue weighted by Crippen LogP contribution is -2.28. The normalized spacial score (nSPS) is 20.4. The molecule has 2 unspecified atom stereocenters. The first-order valence-electron chi connectivity index (χ1n) is 8.66. The van der Waals surface area contributed by atoms with Crippen LogP contribution in [-0.2, 0) is 9.53 Å². The molecule has 2 heterocycles. The van der Waals surface area contributed by atoms with Gasteiger partial charge in [0.25, 0.3) is 0 Å². The lowest BCUT2D eigenvalue weighted by Gasteiger charge is -2.28. The summed E-state index contributed by atoms with van der Waals surface area (Å²) in [6.07, 6.45) is 3.52. The molecule has 2 atom stereocenters. The van der Waals surface area contributed by atoms with Crippen LogP contribution in [0.3, 0.4) is 0 Å². The van der Waals surface area contributed by atoms with Crippen molar-refractivity contribution in [3.8, 4) is 5.69 Å². The van der Waals surface area contributed by atoms with Gasteiger partial charge in [0.15, 0.2) is 5.82 Å². The van der Waals surface area contributed by atoms with E-state index in [1.807, 2.05) is 6.92 Å². The second-order valence-corrected chi connectivity index (χ2v) is 6.46. The zero-order valence-electron chi connectivity index (χ0n) is 14.5. The molecule has 0 radical (unpaired) electrons. The first-order valence-corrected chi connectivity index (χ1v) is 8.66. The van der Waals surface area contributed by atoms with Crippen LogP contribution in [0.2, 0.25) is 0 Å². The Morgan fingerprint density at radius 3 is 2.88 bits per heavy atom. The number of aromatic nitrogens is 3. The summed E-state index contributed by atoms with van der Waals surface area (Å²) in [4.78, 5) is 12.3. The summed E-state index contributed by atoms with van der Waals surface area (Å²) >= 11 is 0. The van der Waals surface area contributed by atoms with Gasteiger partial charge in [-0.2, -0.15) is 0 Å². The highest BCUT2D eigenvalue weighted by atomic mass is 19.1. The smallest absolute Gasteiger partial charge is 0.225 e. The number of rotatable bonds is 5. The summed E-state index contributed by atoms with van der Waals surface area (Å²) in [5.74, 6) is 0.410. The van der Waals surface area contributed by atoms with Gasteiger partial charge in [0.1, 0.15) is 5.82 Å². The number of hydrogen-bond donors (Lipinski definition) is 1. The van der Waals surface area contributed by atoms with Crippen molar-refractivity contribution < 1.29 is 13.9 Å². The minimum Gasteiger partial charge on any atom is -0.378 e. The fourth-order valence-electron chi connectivity index (χ4n) is 3.15. The van der Waals surface area contributed by atoms with Crippen LogP contribution in [0.15, 0.2) is 24.3 Å². The van der Waals surface area contributed by atoms with Gasteiger partial charge in [0.2, 0.25) is 5.91 Å². The fourth-order valence-corrected chi connectivity index (χ4v) is 3.15. The van der Waals surface area contributed by atoms with E-state index < -0.39 is 0 Å². The minimum atomic E-state index is -0.308. The zero-order valence-corrected chi connectivity index (χ0v) is 14.5. The maximum atomic E-state index is 13.0. The molecule has 2 aromatic rings. The summed E-state index contributed by atoms with van der Waals surface area (Å²) in [6.45, 7) is 4.64. The highest BCUT2D eigenvalue weighted by Crippen LogP contribution is 2.25. The lowest BCUT2D eigenvalue weighted by atomic mass is 9.91. The summed E-state index contributed by atoms with van der Waals surface area (Å²) in [5.41, 5.74) is 1.40. The number of carbonyl (C=O) groups excluding carboxylic acids is 1. The quantitative estimate of drug-likeness (QED) is 0.902. The average molecular weight is 346 g/mol. The van der Waals surface area contributed by atoms with Crippen LogP contribution in [0.4, 0.5) is 10.2 Å². The van der Waals surface area contributed by atoms with Crippen molar-refractivity contribution in [3.63, 3.8) is 0 Å². The van der Waals surface area contributed by atoms with Gasteiger partial charge >= 0.3 is 0 Å². The topological polar surface area (TPSA) is 69.0 Å². The Labute approximate surface area is 146 Å². The molecule has 134 valence electrons. The third-order valence-corrected chi connectivity index (χ3v) is 4.63. The molecule has 0 bridgehead atoms. The minimum absolute atomic E-state index is 0.0593. The van der Waals surface area contributed by atoms with E-state index >= 15 is 0 Å². The average Bonchev–Trinajstić information content (AvgIpc) is 2.96. The van der Waals surface area contributed by atoms with Gasteiger partial charge in [0.05, 0.1) is 17.5 Å². The van der Waals surface area contributed by atoms with E-state index in [-0.39, 0.29) is 17.8 Å². The Hall–Kier alpha value is -2.28. The molecule has 0 spiro atoms. The van der Waals surface area contributed by atoms with Gasteiger partial charge in [-0.1, -0.05) is 12.1 Å². The Kier molecular flexibility index (Phi) is 5.43. The molecule has 0 aliphatic carbocycles. The number of benzene rings is 1. The van der Waals surface area contributed by atoms with Crippen molar-refractivity contribution in [3.05, 3.63) is 35.8 Å². The van der Waals surface area contributed by atoms with Crippen LogP contribution in [-0.4, -0.2) is 33.6 Å². The molecule has 1 aliphatic heterocycles. The van der Waals surface area contributed by atoms with Crippen LogP contribution in [0.25, 0.3) is 5.69 Å². The van der Waals surface area contributed by atoms with Crippen LogP contribution in [0.5, 0.6) is 0 Å². The van der Waals surface area contributed by atoms with Crippen LogP contribution >= 0.6 is 0 Å². The maximum Gasteiger partial charge on any atom is 0.225 e. The van der Waals surface area contributed by atoms with Crippen LogP contribution in [0.1, 0.15) is 38.3 Å². The Balaban J connectivity index is 1.63. The van der Waals surface area contributed by atoms with E-state index in [1.165, 1.54) is 12.1 Å². The lowest BCUT2D eigenvalue weighted by molar-refractivity contribution is -0.118. The number of carbonyl (C=O) groups is 1. The molecule has 1 aromatic heterocycles. The highest BCUT2D eigenvalue weighted by Gasteiger charge is 2.24. The van der Waals surface area contributed by atoms with E-state index in [0.29, 0.717) is 29.5 Å². The maximum absolute atomic E-state index is 13.0. The van der Waals surface area contributed by atoms with Gasteiger partial charge in [-0.25, -0.2) is 9.07 Å². The molecule has 1 aromatic carbocycles. The van der Waals surface area contributed by atoms with Crippen LogP contribution < -0.4 is 5.32 Å². The largest absolute Gasteiger partial charge is 0.378 e. The number of nitrogens with zero attached hydrogens (tertiary/aromatic N) is 3. The standard InChI is InChI=1S/C18H23FN4O2/c1-3-16-10-13(8-9-25-16)11-17(24)20-18-12(2)23(22-21-18)15-6-4-14(19)5-7-15/h4-7,13,16H,3,8-11H2,1-2H3,(H,20,24). The Morgan fingerprint density at radius 1 is 1.40 bits per heavy atom. The number of nitrogens with one attached hydrogen (secondary N) is 1. The van der Waals surface area contributed by atoms with E-state index in [2.05, 4.69) is 22.6 Å². The van der Waals surface area contributed by atoms with Gasteiger partial charge in [-0.15, -0.1) is 5.10 Å². The zero-order chi connectivity index (χ0) is 17.8. The monoisotopic (exact) mass is 346 g/mol. The van der Waals surface area contributed by atoms with Crippen molar-refractivity contribution in [1.29, 1.82) is 0 Å². The van der Waals surface area contributed by atoms with Gasteiger partial charge in [0, 0.05) is 13.0 Å². The van der Waals surface area contributed by atoms with Crippen molar-refractivity contribution >= 4 is 11.7 Å². The number of amides is 1. The number of ether oxygens (including phenoxy) is 1. The van der Waals surface area contributed by atoms with Gasteiger partial charge in [-0.05, 0) is 56.4 Å². The molecule has 25 heavy (non-hydrogen) atoms. The molecular formula is C18H23FN4O2. The summed E-state index contributed by atoms with van der Waals surface area (Å²) < 4.78 is 20.3. The van der Waals surface area contributed by atoms with Crippen molar-refractivity contribution in [2.75, 3.05) is 11.9 Å². The van der Waals surface area contributed by atoms with Crippen molar-refractivity contribution in [2.45, 2.75) is 45.6 Å². The summed E-state index contributed by atoms with van der Waals surface area (Å²) in [7, 11) is 0. The van der Waals surface area contributed by atoms with Crippen LogP contribution in [0, 0.1) is 18.7 Å². The SMILES string of the molecule is CCC1CC(CC(=O)Nc2nnn(-c3ccc(F)cc3)c2C)CCO1. The molecular weight excluding hydrogens is 323 g/mol. The Morgan fingerprint density at radius 2 is 2.16 bits per heavy atom. The molecule has 0 saturated carbocycles. The second-order valence-electron chi connectivity index (χ2n) is 6.46. The number of anilines is 1. The van der Waals surface area contributed by atoms with Crippen molar-refractivity contribution in [2.24, 2.45) is 5.92 Å². The van der Waals surface area contributed by atoms with Gasteiger partial charge < -0.3 is 10.1 Å². The molecule has 1 saturated heterocycles. The number of hydrogen-bond acceptors (Lipinski definition) is 4. The summed E-state index contributed by atoms with van der Waals surface area (Å²) in [5, 5.41) is 10.9. The molecule has 3 rings (SSSR count). The summed E-state index contributed by atoms with van der Waals surface area (Å²) in [6, 6.07) is 5.97. The highest BCUT2D eigenvalue weighted by molar-refractivity contribution is 5.90. The second kappa shape index (κ2) is 7.74.